The average molecular weight is 416 g/mol. The van der Waals surface area contributed by atoms with Gasteiger partial charge >= 0.3 is 5.97 Å². The Balaban J connectivity index is 1.81. The first-order valence-corrected chi connectivity index (χ1v) is 13.4. The van der Waals surface area contributed by atoms with Gasteiger partial charge in [0, 0.05) is 18.9 Å². The second-order valence-corrected chi connectivity index (χ2v) is 13.0. The van der Waals surface area contributed by atoms with E-state index in [0.29, 0.717) is 13.0 Å². The van der Waals surface area contributed by atoms with Crippen LogP contribution < -0.4 is 0 Å². The van der Waals surface area contributed by atoms with E-state index < -0.39 is 20.3 Å². The number of piperidine rings is 1. The van der Waals surface area contributed by atoms with Crippen LogP contribution in [0.5, 0.6) is 0 Å². The van der Waals surface area contributed by atoms with Gasteiger partial charge in [0.15, 0.2) is 0 Å². The number of aliphatic carboxylic acids is 1. The van der Waals surface area contributed by atoms with Crippen molar-refractivity contribution >= 4 is 20.2 Å². The molecule has 5 nitrogen and oxygen atoms in total. The zero-order valence-electron chi connectivity index (χ0n) is 17.8. The Morgan fingerprint density at radius 1 is 1.17 bits per heavy atom. The average Bonchev–Trinajstić information content (AvgIpc) is 2.74. The van der Waals surface area contributed by atoms with Gasteiger partial charge in [-0.15, -0.1) is 0 Å². The van der Waals surface area contributed by atoms with Crippen molar-refractivity contribution in [3.63, 3.8) is 0 Å². The zero-order chi connectivity index (χ0) is 21.0. The van der Waals surface area contributed by atoms with E-state index in [4.69, 9.17) is 4.43 Å². The monoisotopic (exact) mass is 415 g/mol. The van der Waals surface area contributed by atoms with E-state index in [1.807, 2.05) is 30.3 Å². The highest BCUT2D eigenvalue weighted by atomic mass is 28.4. The highest BCUT2D eigenvalue weighted by molar-refractivity contribution is 6.73. The normalized spacial score (nSPS) is 24.7. The van der Waals surface area contributed by atoms with Crippen LogP contribution in [0.1, 0.15) is 45.6 Å². The van der Waals surface area contributed by atoms with Crippen LogP contribution in [-0.4, -0.2) is 36.2 Å². The molecule has 1 saturated heterocycles. The number of amides is 1. The number of nitrogens with zero attached hydrogens (tertiary/aromatic N) is 1. The number of fused-ring (bicyclic) bond motifs is 1. The van der Waals surface area contributed by atoms with Gasteiger partial charge in [0.05, 0.1) is 5.76 Å². The summed E-state index contributed by atoms with van der Waals surface area (Å²) in [6.07, 6.45) is 4.07. The summed E-state index contributed by atoms with van der Waals surface area (Å²) in [6.45, 7) is 6.97. The molecule has 1 N–H and O–H groups in total. The molecule has 2 aliphatic rings. The van der Waals surface area contributed by atoms with E-state index in [9.17, 15) is 14.7 Å². The summed E-state index contributed by atoms with van der Waals surface area (Å²) in [5.74, 6) is -0.137. The molecule has 2 unspecified atom stereocenters. The fraction of sp³-hybridized carbons (Fsp3) is 0.565. The number of carbonyl (C=O) groups is 2. The number of likely N-dealkylation sites (tertiary alicyclic amines) is 1. The lowest BCUT2D eigenvalue weighted by atomic mass is 9.75. The van der Waals surface area contributed by atoms with E-state index >= 15 is 0 Å². The molecule has 1 aromatic carbocycles. The van der Waals surface area contributed by atoms with Crippen LogP contribution in [0.2, 0.25) is 18.1 Å². The number of allylic oxidation sites excluding steroid dienone is 2. The number of benzene rings is 1. The summed E-state index contributed by atoms with van der Waals surface area (Å²) < 4.78 is 6.56. The second-order valence-electron chi connectivity index (χ2n) is 8.33. The van der Waals surface area contributed by atoms with Gasteiger partial charge in [-0.3, -0.25) is 4.79 Å². The molecule has 0 radical (unpaired) electrons. The van der Waals surface area contributed by atoms with Crippen molar-refractivity contribution in [1.29, 1.82) is 0 Å². The van der Waals surface area contributed by atoms with Crippen molar-refractivity contribution in [2.45, 2.75) is 70.8 Å². The molecule has 0 saturated carbocycles. The van der Waals surface area contributed by atoms with E-state index in [1.54, 1.807) is 4.90 Å². The lowest BCUT2D eigenvalue weighted by molar-refractivity contribution is -0.159. The molecule has 1 aromatic rings. The molecule has 0 spiro atoms. The van der Waals surface area contributed by atoms with Gasteiger partial charge in [0.2, 0.25) is 14.2 Å². The van der Waals surface area contributed by atoms with Crippen molar-refractivity contribution in [2.24, 2.45) is 11.8 Å². The highest BCUT2D eigenvalue weighted by Gasteiger charge is 2.45. The minimum absolute atomic E-state index is 0.0298. The Morgan fingerprint density at radius 3 is 2.41 bits per heavy atom. The van der Waals surface area contributed by atoms with Crippen molar-refractivity contribution in [3.05, 3.63) is 47.7 Å². The Hall–Kier alpha value is -2.08. The maximum atomic E-state index is 13.2. The molecule has 6 heteroatoms. The first-order valence-electron chi connectivity index (χ1n) is 10.9. The standard InChI is InChI=1S/C23H33NO4Si/c1-4-29(5-2,6-3)28-19-12-13-20-18(14-19)15-21(23(26)27)24(22(20)25)16-17-10-8-7-9-11-17/h7-11,14,18,20-21H,4-6,12-13,15-16H2,1-3H3,(H,26,27)/t18?,20?,21-/m1/s1. The summed E-state index contributed by atoms with van der Waals surface area (Å²) in [4.78, 5) is 26.8. The molecule has 0 bridgehead atoms. The Labute approximate surface area is 174 Å². The smallest absolute Gasteiger partial charge is 0.326 e. The molecule has 3 rings (SSSR count). The fourth-order valence-electron chi connectivity index (χ4n) is 4.77. The number of hydrogen-bond donors (Lipinski definition) is 1. The summed E-state index contributed by atoms with van der Waals surface area (Å²) in [7, 11) is -1.76. The predicted octanol–water partition coefficient (Wildman–Crippen LogP) is 4.80. The van der Waals surface area contributed by atoms with Crippen molar-refractivity contribution in [3.8, 4) is 0 Å². The molecule has 158 valence electrons. The molecule has 1 amide bonds. The first kappa shape index (κ1) is 21.6. The maximum Gasteiger partial charge on any atom is 0.326 e. The van der Waals surface area contributed by atoms with Gasteiger partial charge in [-0.1, -0.05) is 51.1 Å². The van der Waals surface area contributed by atoms with Crippen LogP contribution in [0.15, 0.2) is 42.2 Å². The Kier molecular flexibility index (Phi) is 6.83. The maximum absolute atomic E-state index is 13.2. The second kappa shape index (κ2) is 9.16. The van der Waals surface area contributed by atoms with E-state index in [-0.39, 0.29) is 17.7 Å². The quantitative estimate of drug-likeness (QED) is 0.619. The number of carboxylic acid groups (broad SMARTS) is 1. The molecule has 1 aliphatic heterocycles. The third-order valence-electron chi connectivity index (χ3n) is 6.85. The molecule has 29 heavy (non-hydrogen) atoms. The molecule has 1 heterocycles. The van der Waals surface area contributed by atoms with Crippen LogP contribution >= 0.6 is 0 Å². The lowest BCUT2D eigenvalue weighted by Gasteiger charge is -2.43. The largest absolute Gasteiger partial charge is 0.547 e. The van der Waals surface area contributed by atoms with Gasteiger partial charge in [-0.05, 0) is 48.5 Å². The van der Waals surface area contributed by atoms with E-state index in [0.717, 1.165) is 42.3 Å². The van der Waals surface area contributed by atoms with Gasteiger partial charge in [-0.25, -0.2) is 4.79 Å². The molecule has 3 atom stereocenters. The van der Waals surface area contributed by atoms with Crippen LogP contribution in [-0.2, 0) is 20.6 Å². The molecular weight excluding hydrogens is 382 g/mol. The van der Waals surface area contributed by atoms with Crippen LogP contribution in [0.4, 0.5) is 0 Å². The van der Waals surface area contributed by atoms with Gasteiger partial charge in [0.25, 0.3) is 0 Å². The summed E-state index contributed by atoms with van der Waals surface area (Å²) in [5.41, 5.74) is 0.963. The van der Waals surface area contributed by atoms with E-state index in [1.165, 1.54) is 0 Å². The van der Waals surface area contributed by atoms with Gasteiger partial charge in [0.1, 0.15) is 6.04 Å². The minimum Gasteiger partial charge on any atom is -0.547 e. The van der Waals surface area contributed by atoms with Crippen LogP contribution in [0, 0.1) is 11.8 Å². The van der Waals surface area contributed by atoms with Crippen LogP contribution in [0.25, 0.3) is 0 Å². The lowest BCUT2D eigenvalue weighted by Crippen LogP contribution is -2.54. The van der Waals surface area contributed by atoms with Crippen molar-refractivity contribution in [1.82, 2.24) is 4.90 Å². The topological polar surface area (TPSA) is 66.8 Å². The number of hydrogen-bond acceptors (Lipinski definition) is 3. The Bertz CT molecular complexity index is 751. The van der Waals surface area contributed by atoms with E-state index in [2.05, 4.69) is 26.8 Å². The number of rotatable bonds is 8. The third-order valence-corrected chi connectivity index (χ3v) is 11.4. The summed E-state index contributed by atoms with van der Waals surface area (Å²) in [6, 6.07) is 12.1. The van der Waals surface area contributed by atoms with Crippen LogP contribution in [0.3, 0.4) is 0 Å². The molecule has 0 aromatic heterocycles. The van der Waals surface area contributed by atoms with Crippen molar-refractivity contribution in [2.75, 3.05) is 0 Å². The highest BCUT2D eigenvalue weighted by Crippen LogP contribution is 2.40. The molecule has 1 aliphatic carbocycles. The predicted molar refractivity (Wildman–Crippen MR) is 116 cm³/mol. The number of carboxylic acids is 1. The number of carbonyl (C=O) groups excluding carboxylic acids is 1. The van der Waals surface area contributed by atoms with Gasteiger partial charge < -0.3 is 14.4 Å². The molecule has 1 fully saturated rings. The van der Waals surface area contributed by atoms with Gasteiger partial charge in [-0.2, -0.15) is 0 Å². The minimum atomic E-state index is -1.76. The third kappa shape index (κ3) is 4.58. The zero-order valence-corrected chi connectivity index (χ0v) is 18.8. The summed E-state index contributed by atoms with van der Waals surface area (Å²) >= 11 is 0. The molecular formula is C23H33NO4Si. The van der Waals surface area contributed by atoms with Crippen molar-refractivity contribution < 1.29 is 19.1 Å². The Morgan fingerprint density at radius 2 is 1.83 bits per heavy atom. The SMILES string of the molecule is CC[Si](CC)(CC)OC1=CC2C[C@H](C(=O)O)N(Cc3ccccc3)C(=O)C2CC1. The fourth-order valence-corrected chi connectivity index (χ4v) is 7.43. The summed E-state index contributed by atoms with van der Waals surface area (Å²) in [5, 5.41) is 9.82. The first-order chi connectivity index (χ1) is 13.9.